The largest absolute Gasteiger partial charge is 0.493 e. The van der Waals surface area contributed by atoms with Crippen molar-refractivity contribution >= 4 is 29.0 Å². The van der Waals surface area contributed by atoms with Crippen molar-refractivity contribution < 1.29 is 19.2 Å². The summed E-state index contributed by atoms with van der Waals surface area (Å²) in [4.78, 5) is 22.9. The minimum atomic E-state index is -0.498. The van der Waals surface area contributed by atoms with Crippen molar-refractivity contribution in [3.8, 4) is 11.5 Å². The summed E-state index contributed by atoms with van der Waals surface area (Å²) in [5, 5.41) is 22.6. The molecule has 11 heteroatoms. The van der Waals surface area contributed by atoms with Gasteiger partial charge in [-0.3, -0.25) is 14.9 Å². The number of aryl methyl sites for hydroxylation is 1. The molecule has 0 aliphatic heterocycles. The minimum Gasteiger partial charge on any atom is -0.493 e. The zero-order valence-corrected chi connectivity index (χ0v) is 18.7. The number of aromatic nitrogens is 3. The standard InChI is InChI=1S/C21H23N5O5S/c1-4-25-19(12-31-18-8-6-5-7-17(18)30-3)23-24-21(25)32-13-20(27)22-16-11-15(26(28)29)10-9-14(16)2/h5-11H,4,12-13H2,1-3H3,(H,22,27). The molecule has 0 aliphatic rings. The molecule has 3 aromatic rings. The first-order valence-corrected chi connectivity index (χ1v) is 10.8. The number of amides is 1. The smallest absolute Gasteiger partial charge is 0.271 e. The molecule has 0 saturated heterocycles. The third-order valence-electron chi connectivity index (χ3n) is 4.57. The lowest BCUT2D eigenvalue weighted by Gasteiger charge is -2.11. The Kier molecular flexibility index (Phi) is 7.66. The summed E-state index contributed by atoms with van der Waals surface area (Å²) in [5.74, 6) is 1.62. The number of nitro groups is 1. The molecule has 2 aromatic carbocycles. The Bertz CT molecular complexity index is 1120. The molecule has 0 unspecified atom stereocenters. The number of nitrogens with one attached hydrogen (secondary N) is 1. The minimum absolute atomic E-state index is 0.0770. The number of non-ortho nitro benzene ring substituents is 1. The number of ether oxygens (including phenoxy) is 2. The van der Waals surface area contributed by atoms with E-state index >= 15 is 0 Å². The van der Waals surface area contributed by atoms with E-state index in [2.05, 4.69) is 15.5 Å². The molecule has 0 aliphatic carbocycles. The number of nitrogens with zero attached hydrogens (tertiary/aromatic N) is 4. The van der Waals surface area contributed by atoms with Crippen molar-refractivity contribution in [2.24, 2.45) is 0 Å². The number of hydrogen-bond acceptors (Lipinski definition) is 8. The molecule has 3 rings (SSSR count). The molecular weight excluding hydrogens is 434 g/mol. The van der Waals surface area contributed by atoms with Crippen LogP contribution in [0.4, 0.5) is 11.4 Å². The topological polar surface area (TPSA) is 121 Å². The molecule has 0 saturated carbocycles. The van der Waals surface area contributed by atoms with E-state index in [0.717, 1.165) is 5.56 Å². The fourth-order valence-corrected chi connectivity index (χ4v) is 3.73. The quantitative estimate of drug-likeness (QED) is 0.277. The van der Waals surface area contributed by atoms with Crippen LogP contribution < -0.4 is 14.8 Å². The third-order valence-corrected chi connectivity index (χ3v) is 5.54. The van der Waals surface area contributed by atoms with E-state index in [9.17, 15) is 14.9 Å². The summed E-state index contributed by atoms with van der Waals surface area (Å²) in [6.45, 7) is 4.52. The van der Waals surface area contributed by atoms with Crippen LogP contribution in [0.25, 0.3) is 0 Å². The van der Waals surface area contributed by atoms with Crippen molar-refractivity contribution in [3.63, 3.8) is 0 Å². The summed E-state index contributed by atoms with van der Waals surface area (Å²) in [6.07, 6.45) is 0. The number of nitro benzene ring substituents is 1. The fraction of sp³-hybridized carbons (Fsp3) is 0.286. The van der Waals surface area contributed by atoms with Gasteiger partial charge in [-0.25, -0.2) is 0 Å². The van der Waals surface area contributed by atoms with Crippen molar-refractivity contribution in [1.82, 2.24) is 14.8 Å². The Labute approximate surface area is 189 Å². The number of rotatable bonds is 10. The highest BCUT2D eigenvalue weighted by Crippen LogP contribution is 2.27. The van der Waals surface area contributed by atoms with Gasteiger partial charge < -0.3 is 19.4 Å². The Morgan fingerprint density at radius 3 is 2.66 bits per heavy atom. The van der Waals surface area contributed by atoms with Crippen molar-refractivity contribution in [2.75, 3.05) is 18.2 Å². The van der Waals surface area contributed by atoms with Gasteiger partial charge in [0.1, 0.15) is 6.61 Å². The number of benzene rings is 2. The first kappa shape index (κ1) is 23.1. The molecular formula is C21H23N5O5S. The number of hydrogen-bond donors (Lipinski definition) is 1. The van der Waals surface area contributed by atoms with Gasteiger partial charge >= 0.3 is 0 Å². The van der Waals surface area contributed by atoms with Gasteiger partial charge in [0.2, 0.25) is 5.91 Å². The summed E-state index contributed by atoms with van der Waals surface area (Å²) >= 11 is 1.23. The maximum absolute atomic E-state index is 12.4. The number of carbonyl (C=O) groups excluding carboxylic acids is 1. The number of carbonyl (C=O) groups is 1. The van der Waals surface area contributed by atoms with Crippen LogP contribution in [-0.4, -0.2) is 38.5 Å². The predicted octanol–water partition coefficient (Wildman–Crippen LogP) is 3.83. The van der Waals surface area contributed by atoms with E-state index < -0.39 is 4.92 Å². The molecule has 0 fully saturated rings. The van der Waals surface area contributed by atoms with E-state index in [1.165, 1.54) is 23.9 Å². The van der Waals surface area contributed by atoms with Crippen molar-refractivity contribution in [3.05, 3.63) is 64.0 Å². The Morgan fingerprint density at radius 2 is 1.97 bits per heavy atom. The number of para-hydroxylation sites is 2. The molecule has 0 radical (unpaired) electrons. The van der Waals surface area contributed by atoms with Crippen LogP contribution in [0.1, 0.15) is 18.3 Å². The normalized spacial score (nSPS) is 10.6. The van der Waals surface area contributed by atoms with Crippen LogP contribution >= 0.6 is 11.8 Å². The molecule has 32 heavy (non-hydrogen) atoms. The zero-order valence-electron chi connectivity index (χ0n) is 17.9. The van der Waals surface area contributed by atoms with Crippen LogP contribution in [-0.2, 0) is 17.9 Å². The second-order valence-corrected chi connectivity index (χ2v) is 7.62. The zero-order chi connectivity index (χ0) is 23.1. The molecule has 1 amide bonds. The van der Waals surface area contributed by atoms with E-state index in [0.29, 0.717) is 34.7 Å². The molecule has 10 nitrogen and oxygen atoms in total. The molecule has 0 bridgehead atoms. The molecule has 0 atom stereocenters. The summed E-state index contributed by atoms with van der Waals surface area (Å²) in [5.41, 5.74) is 1.07. The fourth-order valence-electron chi connectivity index (χ4n) is 2.91. The SMILES string of the molecule is CCn1c(COc2ccccc2OC)nnc1SCC(=O)Nc1cc([N+](=O)[O-])ccc1C. The van der Waals surface area contributed by atoms with Crippen molar-refractivity contribution in [1.29, 1.82) is 0 Å². The average Bonchev–Trinajstić information content (AvgIpc) is 3.19. The maximum atomic E-state index is 12.4. The molecule has 1 N–H and O–H groups in total. The average molecular weight is 458 g/mol. The van der Waals surface area contributed by atoms with E-state index in [-0.39, 0.29) is 24.0 Å². The number of thioether (sulfide) groups is 1. The van der Waals surface area contributed by atoms with Gasteiger partial charge in [-0.05, 0) is 31.5 Å². The molecule has 1 aromatic heterocycles. The lowest BCUT2D eigenvalue weighted by molar-refractivity contribution is -0.384. The van der Waals surface area contributed by atoms with Crippen molar-refractivity contribution in [2.45, 2.75) is 32.2 Å². The first-order chi connectivity index (χ1) is 15.4. The van der Waals surface area contributed by atoms with E-state index in [1.54, 1.807) is 26.2 Å². The highest BCUT2D eigenvalue weighted by molar-refractivity contribution is 7.99. The molecule has 168 valence electrons. The highest BCUT2D eigenvalue weighted by atomic mass is 32.2. The van der Waals surface area contributed by atoms with Gasteiger partial charge in [-0.2, -0.15) is 0 Å². The Hall–Kier alpha value is -3.60. The van der Waals surface area contributed by atoms with Gasteiger partial charge in [0.25, 0.3) is 5.69 Å². The van der Waals surface area contributed by atoms with E-state index in [1.807, 2.05) is 29.7 Å². The number of methoxy groups -OCH3 is 1. The van der Waals surface area contributed by atoms with Gasteiger partial charge in [0.05, 0.1) is 23.5 Å². The van der Waals surface area contributed by atoms with Crippen LogP contribution in [0.5, 0.6) is 11.5 Å². The van der Waals surface area contributed by atoms with Crippen LogP contribution in [0.15, 0.2) is 47.6 Å². The molecule has 1 heterocycles. The lowest BCUT2D eigenvalue weighted by Crippen LogP contribution is -2.16. The third kappa shape index (κ3) is 5.55. The van der Waals surface area contributed by atoms with Gasteiger partial charge in [0, 0.05) is 18.7 Å². The van der Waals surface area contributed by atoms with Crippen LogP contribution in [0.2, 0.25) is 0 Å². The van der Waals surface area contributed by atoms with Gasteiger partial charge in [0.15, 0.2) is 22.5 Å². The summed E-state index contributed by atoms with van der Waals surface area (Å²) in [7, 11) is 1.58. The first-order valence-electron chi connectivity index (χ1n) is 9.78. The number of anilines is 1. The van der Waals surface area contributed by atoms with Crippen LogP contribution in [0.3, 0.4) is 0 Å². The lowest BCUT2D eigenvalue weighted by atomic mass is 10.2. The summed E-state index contributed by atoms with van der Waals surface area (Å²) < 4.78 is 13.0. The van der Waals surface area contributed by atoms with Gasteiger partial charge in [-0.15, -0.1) is 10.2 Å². The second kappa shape index (κ2) is 10.6. The second-order valence-electron chi connectivity index (χ2n) is 6.68. The Morgan fingerprint density at radius 1 is 1.22 bits per heavy atom. The predicted molar refractivity (Wildman–Crippen MR) is 120 cm³/mol. The van der Waals surface area contributed by atoms with E-state index in [4.69, 9.17) is 9.47 Å². The molecule has 0 spiro atoms. The summed E-state index contributed by atoms with van der Waals surface area (Å²) in [6, 6.07) is 11.7. The monoisotopic (exact) mass is 457 g/mol. The van der Waals surface area contributed by atoms with Crippen LogP contribution in [0, 0.1) is 17.0 Å². The highest BCUT2D eigenvalue weighted by Gasteiger charge is 2.16. The maximum Gasteiger partial charge on any atom is 0.271 e. The van der Waals surface area contributed by atoms with Gasteiger partial charge in [-0.1, -0.05) is 30.0 Å². The Balaban J connectivity index is 1.62.